The van der Waals surface area contributed by atoms with Gasteiger partial charge in [-0.25, -0.2) is 14.4 Å². The maximum atomic E-state index is 12.6. The van der Waals surface area contributed by atoms with E-state index in [0.29, 0.717) is 22.4 Å². The molecule has 1 aromatic heterocycles. The Morgan fingerprint density at radius 1 is 1.13 bits per heavy atom. The summed E-state index contributed by atoms with van der Waals surface area (Å²) in [4.78, 5) is 36.8. The fraction of sp³-hybridized carbons (Fsp3) is 0.130. The van der Waals surface area contributed by atoms with E-state index in [4.69, 9.17) is 19.2 Å². The number of cyclic esters (lactones) is 1. The highest BCUT2D eigenvalue weighted by atomic mass is 16.6. The van der Waals surface area contributed by atoms with Crippen molar-refractivity contribution in [3.05, 3.63) is 86.9 Å². The Morgan fingerprint density at radius 3 is 2.55 bits per heavy atom. The van der Waals surface area contributed by atoms with Gasteiger partial charge in [-0.3, -0.25) is 0 Å². The van der Waals surface area contributed by atoms with Gasteiger partial charge in [-0.15, -0.1) is 0 Å². The summed E-state index contributed by atoms with van der Waals surface area (Å²) in [6, 6.07) is 14.7. The topological polar surface area (TPSA) is 119 Å². The van der Waals surface area contributed by atoms with E-state index in [1.54, 1.807) is 49.4 Å². The first-order valence-electron chi connectivity index (χ1n) is 9.26. The average Bonchev–Trinajstić information content (AvgIpc) is 3.08. The molecule has 154 valence electrons. The lowest BCUT2D eigenvalue weighted by Crippen LogP contribution is -2.14. The molecule has 0 bridgehead atoms. The molecule has 31 heavy (non-hydrogen) atoms. The molecule has 0 spiro atoms. The molecule has 1 aliphatic heterocycles. The molecule has 1 unspecified atom stereocenters. The molecule has 3 aromatic rings. The number of esters is 2. The van der Waals surface area contributed by atoms with E-state index in [1.807, 2.05) is 6.07 Å². The van der Waals surface area contributed by atoms with Crippen molar-refractivity contribution in [3.8, 4) is 6.07 Å². The summed E-state index contributed by atoms with van der Waals surface area (Å²) in [5, 5.41) is 12.6. The van der Waals surface area contributed by atoms with Crippen molar-refractivity contribution in [3.63, 3.8) is 0 Å². The van der Waals surface area contributed by atoms with Crippen LogP contribution in [-0.4, -0.2) is 19.0 Å². The van der Waals surface area contributed by atoms with Crippen LogP contribution in [0.3, 0.4) is 0 Å². The number of ether oxygens (including phenoxy) is 2. The average molecular weight is 416 g/mol. The van der Waals surface area contributed by atoms with Crippen LogP contribution in [0.1, 0.15) is 22.8 Å². The van der Waals surface area contributed by atoms with Crippen molar-refractivity contribution >= 4 is 28.6 Å². The highest BCUT2D eigenvalue weighted by Crippen LogP contribution is 2.37. The summed E-state index contributed by atoms with van der Waals surface area (Å²) in [7, 11) is 1.21. The second-order valence-electron chi connectivity index (χ2n) is 6.88. The molecular formula is C23H16N2O6. The zero-order valence-electron chi connectivity index (χ0n) is 16.6. The second-order valence-corrected chi connectivity index (χ2v) is 6.88. The van der Waals surface area contributed by atoms with Crippen LogP contribution >= 0.6 is 0 Å². The highest BCUT2D eigenvalue weighted by molar-refractivity contribution is 6.06. The third kappa shape index (κ3) is 3.65. The lowest BCUT2D eigenvalue weighted by molar-refractivity contribution is -0.141. The van der Waals surface area contributed by atoms with E-state index in [2.05, 4.69) is 5.32 Å². The molecule has 8 nitrogen and oxygen atoms in total. The van der Waals surface area contributed by atoms with E-state index in [0.717, 1.165) is 10.9 Å². The molecule has 1 aliphatic rings. The van der Waals surface area contributed by atoms with Crippen LogP contribution in [-0.2, 0) is 19.1 Å². The Balaban J connectivity index is 1.77. The molecule has 4 rings (SSSR count). The summed E-state index contributed by atoms with van der Waals surface area (Å²) in [6.45, 7) is 1.79. The van der Waals surface area contributed by atoms with Crippen molar-refractivity contribution in [1.29, 1.82) is 5.26 Å². The molecule has 1 atom stereocenters. The van der Waals surface area contributed by atoms with Gasteiger partial charge in [-0.05, 0) is 42.3 Å². The maximum absolute atomic E-state index is 12.6. The lowest BCUT2D eigenvalue weighted by Gasteiger charge is -2.13. The van der Waals surface area contributed by atoms with Gasteiger partial charge in [-0.1, -0.05) is 12.1 Å². The highest BCUT2D eigenvalue weighted by Gasteiger charge is 2.40. The molecule has 2 heterocycles. The smallest absolute Gasteiger partial charge is 0.356 e. The molecule has 0 aliphatic carbocycles. The first-order chi connectivity index (χ1) is 14.9. The van der Waals surface area contributed by atoms with Gasteiger partial charge in [0.2, 0.25) is 0 Å². The Labute approximate surface area is 176 Å². The molecule has 0 saturated carbocycles. The second kappa shape index (κ2) is 7.80. The van der Waals surface area contributed by atoms with E-state index in [-0.39, 0.29) is 11.3 Å². The fourth-order valence-corrected chi connectivity index (χ4v) is 3.42. The van der Waals surface area contributed by atoms with Gasteiger partial charge in [0.05, 0.1) is 18.7 Å². The summed E-state index contributed by atoms with van der Waals surface area (Å²) in [5.74, 6) is -1.47. The van der Waals surface area contributed by atoms with E-state index in [1.165, 1.54) is 13.2 Å². The Morgan fingerprint density at radius 2 is 1.87 bits per heavy atom. The lowest BCUT2D eigenvalue weighted by atomic mass is 10.00. The monoisotopic (exact) mass is 416 g/mol. The standard InChI is InChI=1S/C23H16N2O6/c1-12-9-18(26)30-17-10-15(7-8-16(12)17)25-20-19(22(27)29-2)21(31-23(20)28)14-5-3-13(11-24)4-6-14/h3-10,21,25H,1-2H3. The van der Waals surface area contributed by atoms with E-state index < -0.39 is 23.7 Å². The van der Waals surface area contributed by atoms with Gasteiger partial charge < -0.3 is 19.2 Å². The molecule has 8 heteroatoms. The SMILES string of the molecule is COC(=O)C1=C(Nc2ccc3c(C)cc(=O)oc3c2)C(=O)OC1c1ccc(C#N)cc1. The minimum Gasteiger partial charge on any atom is -0.465 e. The number of fused-ring (bicyclic) bond motifs is 1. The van der Waals surface area contributed by atoms with Crippen LogP contribution in [0.5, 0.6) is 0 Å². The fourth-order valence-electron chi connectivity index (χ4n) is 3.42. The van der Waals surface area contributed by atoms with E-state index >= 15 is 0 Å². The largest absolute Gasteiger partial charge is 0.465 e. The third-order valence-electron chi connectivity index (χ3n) is 4.93. The van der Waals surface area contributed by atoms with Gasteiger partial charge >= 0.3 is 17.6 Å². The number of hydrogen-bond donors (Lipinski definition) is 1. The van der Waals surface area contributed by atoms with Gasteiger partial charge in [0.1, 0.15) is 16.9 Å². The molecule has 1 N–H and O–H groups in total. The molecule has 2 aromatic carbocycles. The van der Waals surface area contributed by atoms with Gasteiger partial charge in [0.15, 0.2) is 6.10 Å². The van der Waals surface area contributed by atoms with Gasteiger partial charge in [-0.2, -0.15) is 5.26 Å². The number of anilines is 1. The predicted octanol–water partition coefficient (Wildman–Crippen LogP) is 3.11. The quantitative estimate of drug-likeness (QED) is 0.509. The minimum atomic E-state index is -0.990. The van der Waals surface area contributed by atoms with Crippen LogP contribution in [0.2, 0.25) is 0 Å². The number of nitrogens with zero attached hydrogens (tertiary/aromatic N) is 1. The van der Waals surface area contributed by atoms with E-state index in [9.17, 15) is 14.4 Å². The van der Waals surface area contributed by atoms with Crippen molar-refractivity contribution in [2.75, 3.05) is 12.4 Å². The minimum absolute atomic E-state index is 0.00278. The number of rotatable bonds is 4. The number of nitrogens with one attached hydrogen (secondary N) is 1. The summed E-state index contributed by atoms with van der Waals surface area (Å²) < 4.78 is 15.5. The maximum Gasteiger partial charge on any atom is 0.356 e. The van der Waals surface area contributed by atoms with Gasteiger partial charge in [0, 0.05) is 23.2 Å². The summed E-state index contributed by atoms with van der Waals surface area (Å²) in [5.41, 5.74) is 1.91. The van der Waals surface area contributed by atoms with Crippen molar-refractivity contribution < 1.29 is 23.5 Å². The molecule has 0 saturated heterocycles. The zero-order chi connectivity index (χ0) is 22.1. The molecule has 0 radical (unpaired) electrons. The molecule has 0 fully saturated rings. The van der Waals surface area contributed by atoms with Crippen LogP contribution in [0.25, 0.3) is 11.0 Å². The summed E-state index contributed by atoms with van der Waals surface area (Å²) >= 11 is 0. The summed E-state index contributed by atoms with van der Waals surface area (Å²) in [6.07, 6.45) is -0.990. The number of carbonyl (C=O) groups excluding carboxylic acids is 2. The number of benzene rings is 2. The number of hydrogen-bond acceptors (Lipinski definition) is 8. The number of aryl methyl sites for hydroxylation is 1. The zero-order valence-corrected chi connectivity index (χ0v) is 16.6. The molecular weight excluding hydrogens is 400 g/mol. The van der Waals surface area contributed by atoms with Gasteiger partial charge in [0.25, 0.3) is 0 Å². The van der Waals surface area contributed by atoms with Crippen molar-refractivity contribution in [2.45, 2.75) is 13.0 Å². The number of carbonyl (C=O) groups is 2. The Kier molecular flexibility index (Phi) is 5.01. The van der Waals surface area contributed by atoms with Crippen molar-refractivity contribution in [1.82, 2.24) is 0 Å². The van der Waals surface area contributed by atoms with Crippen LogP contribution in [0, 0.1) is 18.3 Å². The van der Waals surface area contributed by atoms with Crippen molar-refractivity contribution in [2.24, 2.45) is 0 Å². The van der Waals surface area contributed by atoms with Crippen LogP contribution in [0.4, 0.5) is 5.69 Å². The van der Waals surface area contributed by atoms with Crippen LogP contribution in [0.15, 0.2) is 69.0 Å². The van der Waals surface area contributed by atoms with Crippen LogP contribution < -0.4 is 10.9 Å². The Bertz CT molecular complexity index is 1350. The number of methoxy groups -OCH3 is 1. The first kappa shape index (κ1) is 19.9. The normalized spacial score (nSPS) is 15.5. The molecule has 0 amide bonds. The predicted molar refractivity (Wildman–Crippen MR) is 110 cm³/mol. The third-order valence-corrected chi connectivity index (χ3v) is 4.93. The Hall–Kier alpha value is -4.38. The first-order valence-corrected chi connectivity index (χ1v) is 9.26. The number of nitriles is 1.